The molecule has 1 aromatic carbocycles. The number of carbonyl (C=O) groups excluding carboxylic acids is 2. The number of carbonyl (C=O) groups is 2. The van der Waals surface area contributed by atoms with E-state index >= 15 is 0 Å². The van der Waals surface area contributed by atoms with Gasteiger partial charge < -0.3 is 0 Å². The van der Waals surface area contributed by atoms with Crippen LogP contribution in [0.15, 0.2) is 30.4 Å². The Labute approximate surface area is 139 Å². The fourth-order valence-corrected chi connectivity index (χ4v) is 92.6. The van der Waals surface area contributed by atoms with Gasteiger partial charge in [0.1, 0.15) is 0 Å². The molecule has 0 amide bonds. The van der Waals surface area contributed by atoms with Crippen molar-refractivity contribution < 1.29 is 25.9 Å². The Morgan fingerprint density at radius 1 is 1.08 bits per heavy atom. The fraction of sp³-hybridized carbons (Fsp3) is 0.524. The van der Waals surface area contributed by atoms with Gasteiger partial charge in [-0.2, -0.15) is 0 Å². The van der Waals surface area contributed by atoms with Gasteiger partial charge in [-0.25, -0.2) is 0 Å². The van der Waals surface area contributed by atoms with Crippen LogP contribution in [-0.4, -0.2) is 16.9 Å². The third kappa shape index (κ3) is 0.175. The number of ether oxygens (including phenoxy) is 1. The van der Waals surface area contributed by atoms with Crippen LogP contribution in [0.5, 0.6) is 11.5 Å². The van der Waals surface area contributed by atoms with Crippen molar-refractivity contribution in [1.29, 1.82) is 0 Å². The zero-order valence-corrected chi connectivity index (χ0v) is 15.3. The summed E-state index contributed by atoms with van der Waals surface area (Å²) in [5.74, 6) is -0.298. The molecule has 10 aliphatic rings. The van der Waals surface area contributed by atoms with Gasteiger partial charge in [0.05, 0.1) is 0 Å². The number of benzene rings is 1. The number of phenols is 1. The third-order valence-electron chi connectivity index (χ3n) is 16.9. The summed E-state index contributed by atoms with van der Waals surface area (Å²) in [4.78, 5) is 34.5. The van der Waals surface area contributed by atoms with Crippen molar-refractivity contribution in [2.24, 2.45) is 0 Å². The summed E-state index contributed by atoms with van der Waals surface area (Å²) in [6.45, 7) is 2.34. The number of ketones is 1. The van der Waals surface area contributed by atoms with Crippen molar-refractivity contribution in [3.8, 4) is 11.5 Å². The van der Waals surface area contributed by atoms with Gasteiger partial charge in [-0.05, 0) is 0 Å². The van der Waals surface area contributed by atoms with Crippen molar-refractivity contribution in [3.05, 3.63) is 35.9 Å². The molecule has 10 heterocycles. The number of hydrogen-bond donors (Lipinski definition) is 1. The van der Waals surface area contributed by atoms with Crippen molar-refractivity contribution in [2.75, 3.05) is 0 Å². The molecule has 10 saturated heterocycles. The molecule has 1 N–H and O–H groups in total. The first kappa shape index (κ1) is 11.3. The molecule has 4 nitrogen and oxygen atoms in total. The van der Waals surface area contributed by atoms with E-state index in [4.69, 9.17) is 4.74 Å². The molecule has 26 heavy (non-hydrogen) atoms. The summed E-state index contributed by atoms with van der Waals surface area (Å²) in [6, 6.07) is 4.58. The molecule has 5 heteroatoms. The summed E-state index contributed by atoms with van der Waals surface area (Å²) in [6.07, 6.45) is 0. The molecule has 0 aliphatic carbocycles. The predicted molar refractivity (Wildman–Crippen MR) is 89.3 cm³/mol. The van der Waals surface area contributed by atoms with Gasteiger partial charge >= 0.3 is 140 Å². The van der Waals surface area contributed by atoms with Gasteiger partial charge in [-0.15, -0.1) is 0 Å². The standard InChI is InChI=1S/C16H13O4.C5H5.Fe/c1-10(12-5-3-4-6-12)16(19)14-8-7-13(9-15(14)18)20-11(2)17;1-2-4-5-3-1;/h3-9,18H,1H2,2H3;1-5H;. The van der Waals surface area contributed by atoms with Gasteiger partial charge in [-0.3, -0.25) is 0 Å². The molecule has 0 aromatic heterocycles. The van der Waals surface area contributed by atoms with E-state index in [1.54, 1.807) is 12.1 Å². The Balaban J connectivity index is 1.10. The monoisotopic (exact) mass is 390 g/mol. The van der Waals surface area contributed by atoms with Crippen LogP contribution >= 0.6 is 0 Å². The molecular formula is C21H18FeO4. The van der Waals surface area contributed by atoms with Crippen LogP contribution in [0.1, 0.15) is 17.3 Å². The molecule has 4 atom stereocenters. The van der Waals surface area contributed by atoms with Crippen molar-refractivity contribution in [3.63, 3.8) is 0 Å². The zero-order valence-electron chi connectivity index (χ0n) is 14.2. The summed E-state index contributed by atoms with van der Waals surface area (Å²) in [5.41, 5.74) is 1.22. The van der Waals surface area contributed by atoms with E-state index in [0.717, 1.165) is 48.9 Å². The maximum absolute atomic E-state index is 13.4. The predicted octanol–water partition coefficient (Wildman–Crippen LogP) is 4.82. The van der Waals surface area contributed by atoms with E-state index in [1.165, 1.54) is 13.0 Å². The minimum atomic E-state index is -3.41. The van der Waals surface area contributed by atoms with Crippen molar-refractivity contribution >= 4 is 11.8 Å². The van der Waals surface area contributed by atoms with Gasteiger partial charge in [0.15, 0.2) is 0 Å². The second-order valence-corrected chi connectivity index (χ2v) is 36.3. The van der Waals surface area contributed by atoms with E-state index in [2.05, 4.69) is 6.58 Å². The third-order valence-corrected chi connectivity index (χ3v) is 59.3. The van der Waals surface area contributed by atoms with E-state index in [0.29, 0.717) is 9.88 Å². The second kappa shape index (κ2) is 1.22. The van der Waals surface area contributed by atoms with Crippen molar-refractivity contribution in [1.82, 2.24) is 0 Å². The van der Waals surface area contributed by atoms with Crippen LogP contribution in [0.25, 0.3) is 0 Å². The normalized spacial score (nSPS) is 81.3. The Bertz CT molecular complexity index is 1440. The SMILES string of the molecule is C=C(C(=O)c1ccc(OC(C)=O)cc1O)[C]12[CH]3[CH]4[CH]5[CH]1[Fe]45321678[CH]2[CH]1[CH]6[CH]7[CH]28. The molecule has 1 aromatic rings. The Morgan fingerprint density at radius 3 is 2.04 bits per heavy atom. The molecule has 10 aliphatic heterocycles. The number of hydrogen-bond acceptors (Lipinski definition) is 4. The first-order chi connectivity index (χ1) is 12.2. The number of phenolic OH excluding ortho intramolecular Hbond substituents is 1. The second-order valence-electron chi connectivity index (χ2n) is 12.8. The summed E-state index contributed by atoms with van der Waals surface area (Å²) >= 11 is 0. The Hall–Kier alpha value is -1.58. The molecule has 0 bridgehead atoms. The van der Waals surface area contributed by atoms with Gasteiger partial charge in [0.25, 0.3) is 0 Å². The van der Waals surface area contributed by atoms with E-state index < -0.39 is 12.5 Å². The van der Waals surface area contributed by atoms with Gasteiger partial charge in [0.2, 0.25) is 0 Å². The van der Waals surface area contributed by atoms with E-state index in [9.17, 15) is 14.7 Å². The molecule has 1 spiro atoms. The molecule has 134 valence electrons. The molecular weight excluding hydrogens is 372 g/mol. The average Bonchev–Trinajstić information content (AvgIpc) is 3.53. The number of aromatic hydroxyl groups is 1. The first-order valence-corrected chi connectivity index (χ1v) is 15.9. The van der Waals surface area contributed by atoms with Crippen LogP contribution in [0.3, 0.4) is 0 Å². The number of allylic oxidation sites excluding steroid dienone is 1. The fourth-order valence-electron chi connectivity index (χ4n) is 18.3. The summed E-state index contributed by atoms with van der Waals surface area (Å²) < 4.78 is 5.33. The molecule has 10 fully saturated rings. The minimum absolute atomic E-state index is 0.0371. The van der Waals surface area contributed by atoms with E-state index in [1.807, 2.05) is 0 Å². The van der Waals surface area contributed by atoms with Crippen LogP contribution in [0.4, 0.5) is 0 Å². The Morgan fingerprint density at radius 2 is 1.65 bits per heavy atom. The first-order valence-electron chi connectivity index (χ1n) is 9.64. The molecule has 11 rings (SSSR count). The quantitative estimate of drug-likeness (QED) is 0.263. The molecule has 4 unspecified atom stereocenters. The van der Waals surface area contributed by atoms with Crippen LogP contribution < -0.4 is 4.74 Å². The summed E-state index contributed by atoms with van der Waals surface area (Å²) in [5, 5.41) is 10.4. The molecule has 0 saturated carbocycles. The number of esters is 1. The number of fused-ring (bicyclic) bond motifs is 10. The Kier molecular flexibility index (Phi) is 0.528. The van der Waals surface area contributed by atoms with Crippen LogP contribution in [0, 0.1) is 0 Å². The number of rotatable bonds is 4. The van der Waals surface area contributed by atoms with Gasteiger partial charge in [-0.1, -0.05) is 0 Å². The van der Waals surface area contributed by atoms with Crippen LogP contribution in [-0.2, 0) is 11.3 Å². The van der Waals surface area contributed by atoms with E-state index in [-0.39, 0.29) is 17.3 Å². The van der Waals surface area contributed by atoms with Gasteiger partial charge in [0, 0.05) is 0 Å². The molecule has 0 radical (unpaired) electrons. The zero-order chi connectivity index (χ0) is 17.3. The van der Waals surface area contributed by atoms with Crippen LogP contribution in [0.2, 0.25) is 47.7 Å². The topological polar surface area (TPSA) is 63.6 Å². The van der Waals surface area contributed by atoms with Crippen molar-refractivity contribution in [2.45, 2.75) is 54.6 Å². The maximum atomic E-state index is 13.4. The summed E-state index contributed by atoms with van der Waals surface area (Å²) in [7, 11) is 0. The number of Topliss-reactive ketones (excluding diaryl/α,β-unsaturated/α-hetero) is 1. The average molecular weight is 390 g/mol.